The van der Waals surface area contributed by atoms with E-state index in [1.807, 2.05) is 6.07 Å². The highest BCUT2D eigenvalue weighted by Crippen LogP contribution is 2.31. The molecular formula is C13H18ClN3O. The highest BCUT2D eigenvalue weighted by Gasteiger charge is 2.28. The number of anilines is 1. The molecule has 1 aromatic carbocycles. The molecule has 5 heteroatoms. The lowest BCUT2D eigenvalue weighted by Crippen LogP contribution is -2.27. The first-order chi connectivity index (χ1) is 8.52. The number of hydrogen-bond donors (Lipinski definition) is 2. The van der Waals surface area contributed by atoms with Gasteiger partial charge in [-0.05, 0) is 44.0 Å². The van der Waals surface area contributed by atoms with Crippen molar-refractivity contribution in [3.8, 4) is 0 Å². The molecule has 1 aromatic rings. The summed E-state index contributed by atoms with van der Waals surface area (Å²) in [5.74, 6) is 0.0236. The molecule has 2 unspecified atom stereocenters. The molecule has 0 radical (unpaired) electrons. The minimum atomic E-state index is -0.499. The van der Waals surface area contributed by atoms with Crippen LogP contribution in [0, 0.1) is 5.92 Å². The third-order valence-electron chi connectivity index (χ3n) is 3.54. The van der Waals surface area contributed by atoms with E-state index in [9.17, 15) is 4.79 Å². The SMILES string of the molecule is CC1CC(CN)CN1c1ccc(C(N)=O)c(Cl)c1. The van der Waals surface area contributed by atoms with Crippen molar-refractivity contribution in [1.82, 2.24) is 0 Å². The number of hydrogen-bond acceptors (Lipinski definition) is 3. The molecule has 0 spiro atoms. The Morgan fingerprint density at radius 2 is 2.28 bits per heavy atom. The largest absolute Gasteiger partial charge is 0.368 e. The highest BCUT2D eigenvalue weighted by atomic mass is 35.5. The van der Waals surface area contributed by atoms with Crippen molar-refractivity contribution >= 4 is 23.2 Å². The van der Waals surface area contributed by atoms with Crippen LogP contribution < -0.4 is 16.4 Å². The number of nitrogens with two attached hydrogens (primary N) is 2. The average Bonchev–Trinajstić information content (AvgIpc) is 2.70. The second-order valence-corrected chi connectivity index (χ2v) is 5.27. The predicted octanol–water partition coefficient (Wildman–Crippen LogP) is 1.61. The highest BCUT2D eigenvalue weighted by molar-refractivity contribution is 6.34. The van der Waals surface area contributed by atoms with E-state index in [0.717, 1.165) is 18.7 Å². The summed E-state index contributed by atoms with van der Waals surface area (Å²) < 4.78 is 0. The summed E-state index contributed by atoms with van der Waals surface area (Å²) in [6, 6.07) is 5.81. The molecule has 0 saturated carbocycles. The van der Waals surface area contributed by atoms with Crippen molar-refractivity contribution in [2.75, 3.05) is 18.0 Å². The van der Waals surface area contributed by atoms with Crippen LogP contribution >= 0.6 is 11.6 Å². The van der Waals surface area contributed by atoms with Gasteiger partial charge in [-0.2, -0.15) is 0 Å². The van der Waals surface area contributed by atoms with Gasteiger partial charge in [-0.25, -0.2) is 0 Å². The van der Waals surface area contributed by atoms with Crippen LogP contribution in [0.15, 0.2) is 18.2 Å². The van der Waals surface area contributed by atoms with Gasteiger partial charge in [0, 0.05) is 18.3 Å². The number of carbonyl (C=O) groups excluding carboxylic acids is 1. The lowest BCUT2D eigenvalue weighted by Gasteiger charge is -2.24. The third-order valence-corrected chi connectivity index (χ3v) is 3.86. The fourth-order valence-electron chi connectivity index (χ4n) is 2.56. The standard InChI is InChI=1S/C13H18ClN3O/c1-8-4-9(6-15)7-17(8)10-2-3-11(13(16)18)12(14)5-10/h2-3,5,8-9H,4,6-7,15H2,1H3,(H2,16,18). The molecule has 0 aliphatic carbocycles. The van der Waals surface area contributed by atoms with Crippen molar-refractivity contribution in [3.63, 3.8) is 0 Å². The first-order valence-corrected chi connectivity index (χ1v) is 6.46. The summed E-state index contributed by atoms with van der Waals surface area (Å²) >= 11 is 6.07. The van der Waals surface area contributed by atoms with Crippen LogP contribution in [0.4, 0.5) is 5.69 Å². The summed E-state index contributed by atoms with van der Waals surface area (Å²) in [5, 5.41) is 0.406. The number of nitrogens with zero attached hydrogens (tertiary/aromatic N) is 1. The smallest absolute Gasteiger partial charge is 0.250 e. The Kier molecular flexibility index (Phi) is 3.78. The van der Waals surface area contributed by atoms with Crippen LogP contribution in [-0.2, 0) is 0 Å². The van der Waals surface area contributed by atoms with Gasteiger partial charge < -0.3 is 16.4 Å². The van der Waals surface area contributed by atoms with E-state index >= 15 is 0 Å². The molecule has 1 aliphatic heterocycles. The number of amides is 1. The number of rotatable bonds is 3. The van der Waals surface area contributed by atoms with Crippen molar-refractivity contribution in [2.45, 2.75) is 19.4 Å². The zero-order valence-corrected chi connectivity index (χ0v) is 11.2. The minimum absolute atomic E-state index is 0.364. The maximum atomic E-state index is 11.1. The molecular weight excluding hydrogens is 250 g/mol. The Labute approximate surface area is 112 Å². The van der Waals surface area contributed by atoms with Crippen molar-refractivity contribution < 1.29 is 4.79 Å². The minimum Gasteiger partial charge on any atom is -0.368 e. The zero-order chi connectivity index (χ0) is 13.3. The Balaban J connectivity index is 2.24. The van der Waals surface area contributed by atoms with Gasteiger partial charge in [0.25, 0.3) is 0 Å². The van der Waals surface area contributed by atoms with Crippen LogP contribution in [0.2, 0.25) is 5.02 Å². The normalized spacial score (nSPS) is 23.4. The third kappa shape index (κ3) is 2.44. The molecule has 1 aliphatic rings. The Morgan fingerprint density at radius 3 is 2.78 bits per heavy atom. The van der Waals surface area contributed by atoms with Crippen LogP contribution in [0.5, 0.6) is 0 Å². The van der Waals surface area contributed by atoms with Crippen LogP contribution in [-0.4, -0.2) is 25.0 Å². The zero-order valence-electron chi connectivity index (χ0n) is 10.4. The fourth-order valence-corrected chi connectivity index (χ4v) is 2.82. The molecule has 1 saturated heterocycles. The van der Waals surface area contributed by atoms with Gasteiger partial charge in [-0.3, -0.25) is 4.79 Å². The van der Waals surface area contributed by atoms with E-state index in [1.165, 1.54) is 0 Å². The quantitative estimate of drug-likeness (QED) is 0.874. The maximum Gasteiger partial charge on any atom is 0.250 e. The van der Waals surface area contributed by atoms with Gasteiger partial charge in [-0.15, -0.1) is 0 Å². The van der Waals surface area contributed by atoms with Gasteiger partial charge in [-0.1, -0.05) is 11.6 Å². The summed E-state index contributed by atoms with van der Waals surface area (Å²) in [5.41, 5.74) is 12.3. The van der Waals surface area contributed by atoms with E-state index in [2.05, 4.69) is 11.8 Å². The van der Waals surface area contributed by atoms with Gasteiger partial charge in [0.2, 0.25) is 5.91 Å². The van der Waals surface area contributed by atoms with E-state index < -0.39 is 5.91 Å². The predicted molar refractivity (Wildman–Crippen MR) is 73.9 cm³/mol. The second-order valence-electron chi connectivity index (χ2n) is 4.87. The van der Waals surface area contributed by atoms with Gasteiger partial charge >= 0.3 is 0 Å². The molecule has 1 amide bonds. The second kappa shape index (κ2) is 5.16. The Morgan fingerprint density at radius 1 is 1.56 bits per heavy atom. The summed E-state index contributed by atoms with van der Waals surface area (Å²) in [4.78, 5) is 13.4. The summed E-state index contributed by atoms with van der Waals surface area (Å²) in [7, 11) is 0. The number of carbonyl (C=O) groups is 1. The molecule has 98 valence electrons. The Hall–Kier alpha value is -1.26. The van der Waals surface area contributed by atoms with Gasteiger partial charge in [0.15, 0.2) is 0 Å². The molecule has 1 heterocycles. The van der Waals surface area contributed by atoms with Crippen molar-refractivity contribution in [3.05, 3.63) is 28.8 Å². The van der Waals surface area contributed by atoms with Crippen molar-refractivity contribution in [1.29, 1.82) is 0 Å². The van der Waals surface area contributed by atoms with Crippen LogP contribution in [0.25, 0.3) is 0 Å². The van der Waals surface area contributed by atoms with E-state index in [4.69, 9.17) is 23.1 Å². The van der Waals surface area contributed by atoms with Gasteiger partial charge in [0.05, 0.1) is 10.6 Å². The molecule has 0 bridgehead atoms. The average molecular weight is 268 g/mol. The first kappa shape index (κ1) is 13.2. The molecule has 18 heavy (non-hydrogen) atoms. The molecule has 2 atom stereocenters. The molecule has 0 aromatic heterocycles. The summed E-state index contributed by atoms with van der Waals surface area (Å²) in [6.45, 7) is 3.81. The number of benzene rings is 1. The van der Waals surface area contributed by atoms with E-state index in [0.29, 0.717) is 29.1 Å². The van der Waals surface area contributed by atoms with E-state index in [-0.39, 0.29) is 0 Å². The van der Waals surface area contributed by atoms with E-state index in [1.54, 1.807) is 12.1 Å². The summed E-state index contributed by atoms with van der Waals surface area (Å²) in [6.07, 6.45) is 1.09. The monoisotopic (exact) mass is 267 g/mol. The lowest BCUT2D eigenvalue weighted by atomic mass is 10.1. The van der Waals surface area contributed by atoms with Crippen molar-refractivity contribution in [2.24, 2.45) is 17.4 Å². The molecule has 1 fully saturated rings. The molecule has 4 nitrogen and oxygen atoms in total. The Bertz CT molecular complexity index is 464. The fraction of sp³-hybridized carbons (Fsp3) is 0.462. The lowest BCUT2D eigenvalue weighted by molar-refractivity contribution is 0.100. The topological polar surface area (TPSA) is 72.3 Å². The van der Waals surface area contributed by atoms with Crippen LogP contribution in [0.3, 0.4) is 0 Å². The number of primary amides is 1. The first-order valence-electron chi connectivity index (χ1n) is 6.09. The van der Waals surface area contributed by atoms with Crippen LogP contribution in [0.1, 0.15) is 23.7 Å². The maximum absolute atomic E-state index is 11.1. The van der Waals surface area contributed by atoms with Gasteiger partial charge in [0.1, 0.15) is 0 Å². The molecule has 2 rings (SSSR count). The number of halogens is 1. The molecule has 4 N–H and O–H groups in total.